The first-order valence-electron chi connectivity index (χ1n) is 9.05. The highest BCUT2D eigenvalue weighted by Crippen LogP contribution is 2.35. The molecule has 0 aromatic rings. The molecule has 0 spiro atoms. The van der Waals surface area contributed by atoms with E-state index >= 15 is 0 Å². The molecule has 2 atom stereocenters. The summed E-state index contributed by atoms with van der Waals surface area (Å²) in [5.74, 6) is 0.866. The Morgan fingerprint density at radius 3 is 2.43 bits per heavy atom. The Morgan fingerprint density at radius 1 is 1.09 bits per heavy atom. The Balaban J connectivity index is 1.84. The SMILES string of the molecule is CN(CC(=O)NC(C)(C)C)CC(=O)N1CCC[C@@H]2CCCC[C@@H]21. The summed E-state index contributed by atoms with van der Waals surface area (Å²) in [4.78, 5) is 28.6. The summed E-state index contributed by atoms with van der Waals surface area (Å²) in [6.07, 6.45) is 7.40. The minimum absolute atomic E-state index is 0.0259. The summed E-state index contributed by atoms with van der Waals surface area (Å²) in [5.41, 5.74) is -0.232. The molecule has 1 aliphatic heterocycles. The zero-order chi connectivity index (χ0) is 17.0. The van der Waals surface area contributed by atoms with Crippen molar-refractivity contribution in [3.63, 3.8) is 0 Å². The molecule has 23 heavy (non-hydrogen) atoms. The van der Waals surface area contributed by atoms with Gasteiger partial charge in [-0.2, -0.15) is 0 Å². The lowest BCUT2D eigenvalue weighted by Crippen LogP contribution is -2.53. The minimum Gasteiger partial charge on any atom is -0.350 e. The largest absolute Gasteiger partial charge is 0.350 e. The maximum absolute atomic E-state index is 12.7. The Morgan fingerprint density at radius 2 is 1.74 bits per heavy atom. The molecule has 1 saturated carbocycles. The van der Waals surface area contributed by atoms with Gasteiger partial charge in [-0.05, 0) is 59.4 Å². The molecule has 0 bridgehead atoms. The first kappa shape index (κ1) is 18.2. The van der Waals surface area contributed by atoms with E-state index in [9.17, 15) is 9.59 Å². The maximum Gasteiger partial charge on any atom is 0.237 e. The molecule has 2 aliphatic rings. The van der Waals surface area contributed by atoms with Crippen molar-refractivity contribution in [3.05, 3.63) is 0 Å². The summed E-state index contributed by atoms with van der Waals surface area (Å²) in [6, 6.07) is 0.446. The van der Waals surface area contributed by atoms with Crippen LogP contribution in [0.25, 0.3) is 0 Å². The second-order valence-corrected chi connectivity index (χ2v) is 8.31. The monoisotopic (exact) mass is 323 g/mol. The third kappa shape index (κ3) is 5.48. The predicted molar refractivity (Wildman–Crippen MR) is 92.1 cm³/mol. The van der Waals surface area contributed by atoms with Gasteiger partial charge in [-0.25, -0.2) is 0 Å². The molecule has 0 aromatic heterocycles. The van der Waals surface area contributed by atoms with E-state index in [-0.39, 0.29) is 23.9 Å². The molecule has 5 nitrogen and oxygen atoms in total. The van der Waals surface area contributed by atoms with Gasteiger partial charge in [0.1, 0.15) is 0 Å². The average molecular weight is 323 g/mol. The lowest BCUT2D eigenvalue weighted by molar-refractivity contribution is -0.138. The van der Waals surface area contributed by atoms with Gasteiger partial charge in [0.25, 0.3) is 0 Å². The lowest BCUT2D eigenvalue weighted by atomic mass is 9.78. The normalized spacial score (nSPS) is 25.2. The number of carbonyl (C=O) groups excluding carboxylic acids is 2. The van der Waals surface area contributed by atoms with Crippen molar-refractivity contribution in [2.24, 2.45) is 5.92 Å². The van der Waals surface area contributed by atoms with Crippen LogP contribution < -0.4 is 5.32 Å². The molecule has 2 fully saturated rings. The van der Waals surface area contributed by atoms with E-state index in [1.165, 1.54) is 25.7 Å². The highest BCUT2D eigenvalue weighted by atomic mass is 16.2. The smallest absolute Gasteiger partial charge is 0.237 e. The average Bonchev–Trinajstić information content (AvgIpc) is 2.44. The molecule has 0 unspecified atom stereocenters. The van der Waals surface area contributed by atoms with E-state index in [1.54, 1.807) is 0 Å². The van der Waals surface area contributed by atoms with Gasteiger partial charge in [-0.15, -0.1) is 0 Å². The summed E-state index contributed by atoms with van der Waals surface area (Å²) >= 11 is 0. The molecular formula is C18H33N3O2. The molecule has 2 amide bonds. The van der Waals surface area contributed by atoms with E-state index in [4.69, 9.17) is 0 Å². The van der Waals surface area contributed by atoms with Crippen molar-refractivity contribution >= 4 is 11.8 Å². The maximum atomic E-state index is 12.7. The van der Waals surface area contributed by atoms with Crippen molar-refractivity contribution < 1.29 is 9.59 Å². The zero-order valence-corrected chi connectivity index (χ0v) is 15.2. The lowest BCUT2D eigenvalue weighted by Gasteiger charge is -2.44. The Kier molecular flexibility index (Phi) is 6.06. The molecular weight excluding hydrogens is 290 g/mol. The highest BCUT2D eigenvalue weighted by Gasteiger charge is 2.35. The van der Waals surface area contributed by atoms with Gasteiger partial charge in [0.05, 0.1) is 13.1 Å². The van der Waals surface area contributed by atoms with E-state index in [0.29, 0.717) is 18.5 Å². The number of fused-ring (bicyclic) bond motifs is 1. The van der Waals surface area contributed by atoms with Gasteiger partial charge < -0.3 is 10.2 Å². The van der Waals surface area contributed by atoms with Crippen LogP contribution in [0.15, 0.2) is 0 Å². The Bertz CT molecular complexity index is 428. The number of amides is 2. The topological polar surface area (TPSA) is 52.7 Å². The fraction of sp³-hybridized carbons (Fsp3) is 0.889. The van der Waals surface area contributed by atoms with Gasteiger partial charge >= 0.3 is 0 Å². The van der Waals surface area contributed by atoms with Crippen molar-refractivity contribution in [2.45, 2.75) is 70.9 Å². The fourth-order valence-electron chi connectivity index (χ4n) is 4.01. The number of piperidine rings is 1. The van der Waals surface area contributed by atoms with Crippen LogP contribution in [0.3, 0.4) is 0 Å². The van der Waals surface area contributed by atoms with E-state index in [0.717, 1.165) is 19.4 Å². The Labute approximate surface area is 140 Å². The van der Waals surface area contributed by atoms with Crippen molar-refractivity contribution in [2.75, 3.05) is 26.7 Å². The molecule has 2 rings (SSSR count). The van der Waals surface area contributed by atoms with Gasteiger partial charge in [0.15, 0.2) is 0 Å². The van der Waals surface area contributed by atoms with Crippen LogP contribution >= 0.6 is 0 Å². The zero-order valence-electron chi connectivity index (χ0n) is 15.2. The third-order valence-corrected chi connectivity index (χ3v) is 4.90. The third-order valence-electron chi connectivity index (χ3n) is 4.90. The van der Waals surface area contributed by atoms with Gasteiger partial charge in [0.2, 0.25) is 11.8 Å². The molecule has 1 aliphatic carbocycles. The van der Waals surface area contributed by atoms with E-state index in [2.05, 4.69) is 10.2 Å². The molecule has 1 saturated heterocycles. The first-order chi connectivity index (χ1) is 10.8. The molecule has 132 valence electrons. The molecule has 0 aromatic carbocycles. The van der Waals surface area contributed by atoms with Gasteiger partial charge in [-0.3, -0.25) is 14.5 Å². The summed E-state index contributed by atoms with van der Waals surface area (Å²) in [5, 5.41) is 2.94. The molecule has 0 radical (unpaired) electrons. The van der Waals surface area contributed by atoms with Gasteiger partial charge in [0, 0.05) is 18.1 Å². The first-order valence-corrected chi connectivity index (χ1v) is 9.05. The predicted octanol–water partition coefficient (Wildman–Crippen LogP) is 2.01. The van der Waals surface area contributed by atoms with Crippen LogP contribution in [-0.2, 0) is 9.59 Å². The number of hydrogen-bond donors (Lipinski definition) is 1. The van der Waals surface area contributed by atoms with Crippen LogP contribution in [0, 0.1) is 5.92 Å². The number of likely N-dealkylation sites (N-methyl/N-ethyl adjacent to an activating group) is 1. The van der Waals surface area contributed by atoms with Crippen LogP contribution in [0.4, 0.5) is 0 Å². The number of rotatable bonds is 4. The molecule has 5 heteroatoms. The van der Waals surface area contributed by atoms with Crippen molar-refractivity contribution in [1.29, 1.82) is 0 Å². The van der Waals surface area contributed by atoms with Crippen LogP contribution in [-0.4, -0.2) is 59.9 Å². The van der Waals surface area contributed by atoms with Crippen LogP contribution in [0.1, 0.15) is 59.3 Å². The number of nitrogens with one attached hydrogen (secondary N) is 1. The van der Waals surface area contributed by atoms with Crippen LogP contribution in [0.5, 0.6) is 0 Å². The molecule has 1 heterocycles. The number of likely N-dealkylation sites (tertiary alicyclic amines) is 1. The summed E-state index contributed by atoms with van der Waals surface area (Å²) < 4.78 is 0. The second kappa shape index (κ2) is 7.65. The number of hydrogen-bond acceptors (Lipinski definition) is 3. The number of carbonyl (C=O) groups is 2. The standard InChI is InChI=1S/C18H33N3O2/c1-18(2,3)19-16(22)12-20(4)13-17(23)21-11-7-9-14-8-5-6-10-15(14)21/h14-15H,5-13H2,1-4H3,(H,19,22)/t14-,15-/m0/s1. The van der Waals surface area contributed by atoms with Crippen molar-refractivity contribution in [3.8, 4) is 0 Å². The molecule has 1 N–H and O–H groups in total. The quantitative estimate of drug-likeness (QED) is 0.861. The minimum atomic E-state index is -0.232. The van der Waals surface area contributed by atoms with Gasteiger partial charge in [-0.1, -0.05) is 12.8 Å². The Hall–Kier alpha value is -1.10. The summed E-state index contributed by atoms with van der Waals surface area (Å²) in [6.45, 7) is 7.39. The van der Waals surface area contributed by atoms with Crippen LogP contribution in [0.2, 0.25) is 0 Å². The van der Waals surface area contributed by atoms with E-state index < -0.39 is 0 Å². The van der Waals surface area contributed by atoms with Crippen molar-refractivity contribution in [1.82, 2.24) is 15.1 Å². The highest BCUT2D eigenvalue weighted by molar-refractivity contribution is 5.81. The number of nitrogens with zero attached hydrogens (tertiary/aromatic N) is 2. The fourth-order valence-corrected chi connectivity index (χ4v) is 4.01. The van der Waals surface area contributed by atoms with E-state index in [1.807, 2.05) is 32.7 Å². The second-order valence-electron chi connectivity index (χ2n) is 8.31. The summed E-state index contributed by atoms with van der Waals surface area (Å²) in [7, 11) is 1.85.